The van der Waals surface area contributed by atoms with Crippen molar-refractivity contribution in [3.63, 3.8) is 0 Å². The van der Waals surface area contributed by atoms with Crippen molar-refractivity contribution in [2.45, 2.75) is 23.8 Å². The van der Waals surface area contributed by atoms with E-state index >= 15 is 0 Å². The first-order valence-corrected chi connectivity index (χ1v) is 7.64. The number of ether oxygens (including phenoxy) is 1. The monoisotopic (exact) mass is 289 g/mol. The fourth-order valence-corrected chi connectivity index (χ4v) is 4.44. The van der Waals surface area contributed by atoms with Crippen LogP contribution in [0, 0.1) is 0 Å². The second-order valence-corrected chi connectivity index (χ2v) is 6.56. The summed E-state index contributed by atoms with van der Waals surface area (Å²) >= 11 is 5.97. The molecule has 0 N–H and O–H groups in total. The molecule has 100 valence electrons. The molecule has 0 saturated carbocycles. The van der Waals surface area contributed by atoms with Crippen LogP contribution in [-0.2, 0) is 14.8 Å². The van der Waals surface area contributed by atoms with Crippen molar-refractivity contribution in [3.8, 4) is 0 Å². The maximum atomic E-state index is 12.5. The van der Waals surface area contributed by atoms with Crippen LogP contribution >= 0.6 is 11.6 Å². The fraction of sp³-hybridized carbons (Fsp3) is 0.500. The van der Waals surface area contributed by atoms with E-state index in [9.17, 15) is 8.42 Å². The summed E-state index contributed by atoms with van der Waals surface area (Å²) in [5.74, 6) is 0. The molecule has 0 amide bonds. The van der Waals surface area contributed by atoms with Gasteiger partial charge in [-0.2, -0.15) is 4.31 Å². The van der Waals surface area contributed by atoms with E-state index in [-0.39, 0.29) is 16.0 Å². The number of sulfonamides is 1. The van der Waals surface area contributed by atoms with Gasteiger partial charge in [0.2, 0.25) is 10.0 Å². The number of methoxy groups -OCH3 is 1. The quantitative estimate of drug-likeness (QED) is 0.853. The molecule has 4 nitrogen and oxygen atoms in total. The van der Waals surface area contributed by atoms with E-state index in [1.54, 1.807) is 31.4 Å². The van der Waals surface area contributed by atoms with E-state index in [4.69, 9.17) is 16.3 Å². The summed E-state index contributed by atoms with van der Waals surface area (Å²) < 4.78 is 31.6. The zero-order valence-electron chi connectivity index (χ0n) is 10.2. The first-order valence-electron chi connectivity index (χ1n) is 5.82. The third-order valence-corrected chi connectivity index (χ3v) is 5.56. The van der Waals surface area contributed by atoms with Crippen molar-refractivity contribution in [2.24, 2.45) is 0 Å². The molecule has 1 fully saturated rings. The first-order chi connectivity index (χ1) is 8.57. The van der Waals surface area contributed by atoms with Gasteiger partial charge in [-0.05, 0) is 25.0 Å². The summed E-state index contributed by atoms with van der Waals surface area (Å²) in [7, 11) is -1.94. The first kappa shape index (κ1) is 13.8. The van der Waals surface area contributed by atoms with Crippen LogP contribution in [0.3, 0.4) is 0 Å². The normalized spacial score (nSPS) is 21.3. The van der Waals surface area contributed by atoms with E-state index in [2.05, 4.69) is 0 Å². The highest BCUT2D eigenvalue weighted by molar-refractivity contribution is 7.89. The maximum Gasteiger partial charge on any atom is 0.244 e. The van der Waals surface area contributed by atoms with Crippen LogP contribution in [0.2, 0.25) is 5.02 Å². The highest BCUT2D eigenvalue weighted by atomic mass is 35.5. The minimum atomic E-state index is -3.52. The van der Waals surface area contributed by atoms with Gasteiger partial charge in [0, 0.05) is 19.7 Å². The Morgan fingerprint density at radius 3 is 2.83 bits per heavy atom. The third kappa shape index (κ3) is 2.54. The van der Waals surface area contributed by atoms with Crippen molar-refractivity contribution < 1.29 is 13.2 Å². The van der Waals surface area contributed by atoms with E-state index in [1.807, 2.05) is 0 Å². The van der Waals surface area contributed by atoms with Gasteiger partial charge >= 0.3 is 0 Å². The van der Waals surface area contributed by atoms with Gasteiger partial charge in [-0.15, -0.1) is 0 Å². The summed E-state index contributed by atoms with van der Waals surface area (Å²) in [6.45, 7) is 0.950. The standard InChI is InChI=1S/C12H16ClNO3S/c1-17-9-10-5-4-8-14(10)18(15,16)12-7-3-2-6-11(12)13/h2-3,6-7,10H,4-5,8-9H2,1H3. The lowest BCUT2D eigenvalue weighted by atomic mass is 10.2. The lowest BCUT2D eigenvalue weighted by molar-refractivity contribution is 0.149. The largest absolute Gasteiger partial charge is 0.383 e. The highest BCUT2D eigenvalue weighted by Gasteiger charge is 2.36. The molecule has 2 rings (SSSR count). The van der Waals surface area contributed by atoms with Gasteiger partial charge in [-0.25, -0.2) is 8.42 Å². The number of benzene rings is 1. The molecule has 1 aromatic rings. The van der Waals surface area contributed by atoms with Gasteiger partial charge in [0.25, 0.3) is 0 Å². The van der Waals surface area contributed by atoms with Crippen LogP contribution in [0.15, 0.2) is 29.2 Å². The van der Waals surface area contributed by atoms with Gasteiger partial charge < -0.3 is 4.74 Å². The molecule has 0 spiro atoms. The molecule has 1 aliphatic heterocycles. The Hall–Kier alpha value is -0.620. The predicted octanol–water partition coefficient (Wildman–Crippen LogP) is 2.14. The molecule has 1 aliphatic rings. The second kappa shape index (κ2) is 5.57. The Morgan fingerprint density at radius 2 is 2.17 bits per heavy atom. The van der Waals surface area contributed by atoms with Crippen molar-refractivity contribution >= 4 is 21.6 Å². The Kier molecular flexibility index (Phi) is 4.27. The molecule has 1 aromatic carbocycles. The third-order valence-electron chi connectivity index (χ3n) is 3.11. The minimum absolute atomic E-state index is 0.0868. The Bertz CT molecular complexity index is 518. The van der Waals surface area contributed by atoms with Gasteiger partial charge in [0.1, 0.15) is 4.90 Å². The van der Waals surface area contributed by atoms with Crippen molar-refractivity contribution in [1.29, 1.82) is 0 Å². The van der Waals surface area contributed by atoms with Gasteiger partial charge in [0.05, 0.1) is 11.6 Å². The van der Waals surface area contributed by atoms with E-state index in [1.165, 1.54) is 4.31 Å². The number of nitrogens with zero attached hydrogens (tertiary/aromatic N) is 1. The van der Waals surface area contributed by atoms with Crippen molar-refractivity contribution in [2.75, 3.05) is 20.3 Å². The van der Waals surface area contributed by atoms with Crippen LogP contribution in [0.25, 0.3) is 0 Å². The average Bonchev–Trinajstić information content (AvgIpc) is 2.79. The van der Waals surface area contributed by atoms with Crippen LogP contribution < -0.4 is 0 Å². The summed E-state index contributed by atoms with van der Waals surface area (Å²) in [6.07, 6.45) is 1.69. The molecule has 0 aliphatic carbocycles. The molecular formula is C12H16ClNO3S. The van der Waals surface area contributed by atoms with E-state index < -0.39 is 10.0 Å². The fourth-order valence-electron chi connectivity index (χ4n) is 2.26. The van der Waals surface area contributed by atoms with Crippen LogP contribution in [0.4, 0.5) is 0 Å². The highest BCUT2D eigenvalue weighted by Crippen LogP contribution is 2.29. The number of halogens is 1. The smallest absolute Gasteiger partial charge is 0.244 e. The zero-order valence-corrected chi connectivity index (χ0v) is 11.7. The molecule has 6 heteroatoms. The SMILES string of the molecule is COCC1CCCN1S(=O)(=O)c1ccccc1Cl. The van der Waals surface area contributed by atoms with E-state index in [0.29, 0.717) is 13.2 Å². The summed E-state index contributed by atoms with van der Waals surface area (Å²) in [4.78, 5) is 0.176. The molecule has 1 saturated heterocycles. The lowest BCUT2D eigenvalue weighted by Gasteiger charge is -2.23. The lowest BCUT2D eigenvalue weighted by Crippen LogP contribution is -2.38. The zero-order chi connectivity index (χ0) is 13.2. The number of hydrogen-bond acceptors (Lipinski definition) is 3. The topological polar surface area (TPSA) is 46.6 Å². The maximum absolute atomic E-state index is 12.5. The van der Waals surface area contributed by atoms with Gasteiger partial charge in [-0.3, -0.25) is 0 Å². The van der Waals surface area contributed by atoms with Crippen molar-refractivity contribution in [3.05, 3.63) is 29.3 Å². The Morgan fingerprint density at radius 1 is 1.44 bits per heavy atom. The van der Waals surface area contributed by atoms with Gasteiger partial charge in [0.15, 0.2) is 0 Å². The summed E-state index contributed by atoms with van der Waals surface area (Å²) in [5, 5.41) is 0.264. The second-order valence-electron chi connectivity index (χ2n) is 4.30. The van der Waals surface area contributed by atoms with E-state index in [0.717, 1.165) is 12.8 Å². The number of hydrogen-bond donors (Lipinski definition) is 0. The molecule has 0 radical (unpaired) electrons. The Labute approximate surface area is 113 Å². The molecular weight excluding hydrogens is 274 g/mol. The van der Waals surface area contributed by atoms with Crippen LogP contribution in [0.1, 0.15) is 12.8 Å². The molecule has 0 aromatic heterocycles. The molecule has 1 atom stereocenters. The Balaban J connectivity index is 2.34. The molecule has 18 heavy (non-hydrogen) atoms. The predicted molar refractivity (Wildman–Crippen MR) is 70.2 cm³/mol. The van der Waals surface area contributed by atoms with Crippen molar-refractivity contribution in [1.82, 2.24) is 4.31 Å². The molecule has 1 heterocycles. The molecule has 1 unspecified atom stereocenters. The summed E-state index contributed by atoms with van der Waals surface area (Å²) in [6, 6.07) is 6.45. The van der Waals surface area contributed by atoms with Crippen LogP contribution in [-0.4, -0.2) is 39.0 Å². The number of rotatable bonds is 4. The van der Waals surface area contributed by atoms with Crippen LogP contribution in [0.5, 0.6) is 0 Å². The summed E-state index contributed by atoms with van der Waals surface area (Å²) in [5.41, 5.74) is 0. The van der Waals surface area contributed by atoms with Gasteiger partial charge in [-0.1, -0.05) is 23.7 Å². The average molecular weight is 290 g/mol. The molecule has 0 bridgehead atoms. The minimum Gasteiger partial charge on any atom is -0.383 e.